The van der Waals surface area contributed by atoms with E-state index < -0.39 is 0 Å². The molecule has 3 nitrogen and oxygen atoms in total. The molecule has 0 aromatic heterocycles. The second-order valence-corrected chi connectivity index (χ2v) is 5.41. The van der Waals surface area contributed by atoms with Crippen molar-refractivity contribution in [3.05, 3.63) is 0 Å². The van der Waals surface area contributed by atoms with E-state index in [1.807, 2.05) is 0 Å². The second-order valence-electron chi connectivity index (χ2n) is 5.41. The lowest BCUT2D eigenvalue weighted by molar-refractivity contribution is 0.171. The topological polar surface area (TPSA) is 47.3 Å². The van der Waals surface area contributed by atoms with Crippen LogP contribution in [0.25, 0.3) is 0 Å². The Labute approximate surface area is 100 Å². The fourth-order valence-corrected chi connectivity index (χ4v) is 2.16. The van der Waals surface area contributed by atoms with Crippen LogP contribution in [0.5, 0.6) is 0 Å². The van der Waals surface area contributed by atoms with Crippen molar-refractivity contribution in [3.63, 3.8) is 0 Å². The third-order valence-corrected chi connectivity index (χ3v) is 3.69. The highest BCUT2D eigenvalue weighted by Crippen LogP contribution is 2.48. The van der Waals surface area contributed by atoms with Crippen molar-refractivity contribution < 1.29 is 4.74 Å². The number of hydrogen-bond acceptors (Lipinski definition) is 3. The third kappa shape index (κ3) is 5.28. The summed E-state index contributed by atoms with van der Waals surface area (Å²) >= 11 is 0. The van der Waals surface area contributed by atoms with E-state index in [0.29, 0.717) is 5.41 Å². The van der Waals surface area contributed by atoms with Crippen LogP contribution in [0.15, 0.2) is 0 Å². The fourth-order valence-electron chi connectivity index (χ4n) is 2.16. The zero-order valence-electron chi connectivity index (χ0n) is 10.9. The Morgan fingerprint density at radius 2 is 2.19 bits per heavy atom. The largest absolute Gasteiger partial charge is 0.385 e. The quantitative estimate of drug-likeness (QED) is 0.599. The molecular weight excluding hydrogens is 200 g/mol. The molecule has 3 heteroatoms. The number of rotatable bonds is 10. The minimum Gasteiger partial charge on any atom is -0.385 e. The number of ether oxygens (including phenoxy) is 1. The molecule has 1 rings (SSSR count). The van der Waals surface area contributed by atoms with Gasteiger partial charge in [0.25, 0.3) is 0 Å². The van der Waals surface area contributed by atoms with Crippen LogP contribution in [0.2, 0.25) is 0 Å². The molecule has 0 heterocycles. The summed E-state index contributed by atoms with van der Waals surface area (Å²) in [5.41, 5.74) is 6.08. The molecule has 0 aromatic rings. The molecule has 0 amide bonds. The summed E-state index contributed by atoms with van der Waals surface area (Å²) in [7, 11) is 1.79. The summed E-state index contributed by atoms with van der Waals surface area (Å²) in [4.78, 5) is 0. The van der Waals surface area contributed by atoms with Crippen LogP contribution in [0.1, 0.15) is 39.0 Å². The minimum absolute atomic E-state index is 0.573. The fraction of sp³-hybridized carbons (Fsp3) is 1.00. The first-order valence-electron chi connectivity index (χ1n) is 6.62. The Hall–Kier alpha value is -0.120. The molecule has 1 saturated carbocycles. The van der Waals surface area contributed by atoms with Crippen LogP contribution < -0.4 is 11.1 Å². The highest BCUT2D eigenvalue weighted by Gasteiger charge is 2.41. The van der Waals surface area contributed by atoms with Crippen molar-refractivity contribution in [2.24, 2.45) is 17.1 Å². The van der Waals surface area contributed by atoms with E-state index in [-0.39, 0.29) is 0 Å². The minimum atomic E-state index is 0.573. The first-order chi connectivity index (χ1) is 7.72. The van der Waals surface area contributed by atoms with Crippen LogP contribution >= 0.6 is 0 Å². The lowest BCUT2D eigenvalue weighted by Crippen LogP contribution is -2.29. The standard InChI is InChI=1S/C13H28N2O/c1-12(4-3-8-14)10-15-11-13(5-6-13)7-9-16-2/h12,15H,3-11,14H2,1-2H3. The number of hydrogen-bond donors (Lipinski definition) is 2. The summed E-state index contributed by atoms with van der Waals surface area (Å²) < 4.78 is 5.16. The van der Waals surface area contributed by atoms with Crippen LogP contribution in [0.3, 0.4) is 0 Å². The molecule has 0 radical (unpaired) electrons. The van der Waals surface area contributed by atoms with Gasteiger partial charge in [0.1, 0.15) is 0 Å². The van der Waals surface area contributed by atoms with Crippen LogP contribution in [0, 0.1) is 11.3 Å². The Bertz CT molecular complexity index is 181. The SMILES string of the molecule is COCCC1(CNCC(C)CCCN)CC1. The third-order valence-electron chi connectivity index (χ3n) is 3.69. The molecular formula is C13H28N2O. The summed E-state index contributed by atoms with van der Waals surface area (Å²) in [6, 6.07) is 0. The monoisotopic (exact) mass is 228 g/mol. The zero-order valence-corrected chi connectivity index (χ0v) is 10.9. The molecule has 1 aliphatic carbocycles. The van der Waals surface area contributed by atoms with Gasteiger partial charge in [0.2, 0.25) is 0 Å². The first kappa shape index (κ1) is 13.9. The summed E-state index contributed by atoms with van der Waals surface area (Å²) in [6.07, 6.45) is 6.36. The predicted octanol–water partition coefficient (Wildman–Crippen LogP) is 1.77. The smallest absolute Gasteiger partial charge is 0.0468 e. The molecule has 0 bridgehead atoms. The lowest BCUT2D eigenvalue weighted by atomic mass is 10.0. The molecule has 1 fully saturated rings. The zero-order chi connectivity index (χ0) is 11.9. The summed E-state index contributed by atoms with van der Waals surface area (Å²) in [6.45, 7) is 6.34. The van der Waals surface area contributed by atoms with Crippen molar-refractivity contribution in [2.75, 3.05) is 33.4 Å². The predicted molar refractivity (Wildman–Crippen MR) is 68.5 cm³/mol. The molecule has 96 valence electrons. The lowest BCUT2D eigenvalue weighted by Gasteiger charge is -2.18. The Morgan fingerprint density at radius 1 is 1.44 bits per heavy atom. The van der Waals surface area contributed by atoms with E-state index in [2.05, 4.69) is 12.2 Å². The molecule has 0 aliphatic heterocycles. The second kappa shape index (κ2) is 7.25. The van der Waals surface area contributed by atoms with Gasteiger partial charge in [-0.05, 0) is 56.5 Å². The van der Waals surface area contributed by atoms with E-state index in [1.165, 1.54) is 32.2 Å². The van der Waals surface area contributed by atoms with Gasteiger partial charge < -0.3 is 15.8 Å². The molecule has 16 heavy (non-hydrogen) atoms. The van der Waals surface area contributed by atoms with Crippen LogP contribution in [0.4, 0.5) is 0 Å². The summed E-state index contributed by atoms with van der Waals surface area (Å²) in [5, 5.41) is 3.61. The number of methoxy groups -OCH3 is 1. The van der Waals surface area contributed by atoms with Gasteiger partial charge in [-0.25, -0.2) is 0 Å². The van der Waals surface area contributed by atoms with Crippen molar-refractivity contribution in [1.29, 1.82) is 0 Å². The maximum atomic E-state index is 5.51. The number of nitrogens with one attached hydrogen (secondary N) is 1. The van der Waals surface area contributed by atoms with Gasteiger partial charge in [-0.1, -0.05) is 6.92 Å². The average Bonchev–Trinajstić information content (AvgIpc) is 3.04. The Balaban J connectivity index is 2.01. The van der Waals surface area contributed by atoms with Crippen molar-refractivity contribution >= 4 is 0 Å². The molecule has 3 N–H and O–H groups in total. The van der Waals surface area contributed by atoms with Crippen molar-refractivity contribution in [2.45, 2.75) is 39.0 Å². The van der Waals surface area contributed by atoms with E-state index in [1.54, 1.807) is 7.11 Å². The highest BCUT2D eigenvalue weighted by molar-refractivity contribution is 4.94. The van der Waals surface area contributed by atoms with Gasteiger partial charge in [-0.15, -0.1) is 0 Å². The Kier molecular flexibility index (Phi) is 6.32. The van der Waals surface area contributed by atoms with Gasteiger partial charge in [-0.2, -0.15) is 0 Å². The molecule has 1 atom stereocenters. The van der Waals surface area contributed by atoms with Gasteiger partial charge in [0.05, 0.1) is 0 Å². The van der Waals surface area contributed by atoms with Gasteiger partial charge >= 0.3 is 0 Å². The summed E-state index contributed by atoms with van der Waals surface area (Å²) in [5.74, 6) is 0.752. The molecule has 0 aromatic carbocycles. The average molecular weight is 228 g/mol. The van der Waals surface area contributed by atoms with E-state index >= 15 is 0 Å². The van der Waals surface area contributed by atoms with Gasteiger partial charge in [-0.3, -0.25) is 0 Å². The first-order valence-corrected chi connectivity index (χ1v) is 6.62. The van der Waals surface area contributed by atoms with Gasteiger partial charge in [0, 0.05) is 20.3 Å². The van der Waals surface area contributed by atoms with Crippen molar-refractivity contribution in [3.8, 4) is 0 Å². The Morgan fingerprint density at radius 3 is 2.75 bits per heavy atom. The molecule has 0 saturated heterocycles. The van der Waals surface area contributed by atoms with E-state index in [9.17, 15) is 0 Å². The van der Waals surface area contributed by atoms with E-state index in [4.69, 9.17) is 10.5 Å². The molecule has 1 aliphatic rings. The van der Waals surface area contributed by atoms with Gasteiger partial charge in [0.15, 0.2) is 0 Å². The molecule has 1 unspecified atom stereocenters. The van der Waals surface area contributed by atoms with Crippen molar-refractivity contribution in [1.82, 2.24) is 5.32 Å². The maximum absolute atomic E-state index is 5.51. The van der Waals surface area contributed by atoms with Crippen LogP contribution in [-0.2, 0) is 4.74 Å². The number of nitrogens with two attached hydrogens (primary N) is 1. The normalized spacial score (nSPS) is 19.7. The maximum Gasteiger partial charge on any atom is 0.0468 e. The highest BCUT2D eigenvalue weighted by atomic mass is 16.5. The molecule has 0 spiro atoms. The van der Waals surface area contributed by atoms with Crippen LogP contribution in [-0.4, -0.2) is 33.4 Å². The van der Waals surface area contributed by atoms with E-state index in [0.717, 1.165) is 32.0 Å².